The molecule has 4 heterocycles. The van der Waals surface area contributed by atoms with E-state index in [2.05, 4.69) is 27.8 Å². The molecule has 1 aliphatic carbocycles. The van der Waals surface area contributed by atoms with E-state index in [4.69, 9.17) is 9.97 Å². The Bertz CT molecular complexity index is 956. The molecule has 1 amide bonds. The Kier molecular flexibility index (Phi) is 6.88. The molecular formula is C27H37N5O. The Hall–Kier alpha value is -2.50. The first-order valence-electron chi connectivity index (χ1n) is 13.0. The molecule has 0 bridgehead atoms. The molecule has 176 valence electrons. The van der Waals surface area contributed by atoms with Crippen molar-refractivity contribution >= 4 is 11.7 Å². The van der Waals surface area contributed by atoms with Gasteiger partial charge in [0, 0.05) is 49.4 Å². The predicted octanol–water partition coefficient (Wildman–Crippen LogP) is 4.81. The van der Waals surface area contributed by atoms with Crippen molar-refractivity contribution in [2.24, 2.45) is 5.92 Å². The summed E-state index contributed by atoms with van der Waals surface area (Å²) in [5.41, 5.74) is 3.45. The number of hydrogen-bond acceptors (Lipinski definition) is 5. The standard InChI is InChI=1S/C27H37N5O/c1-20-24-13-8-16-32(19-23-12-5-6-14-28-23)27(24)30-26(29-20)22-11-7-15-31(18-22)25(33)17-21-9-3-2-4-10-21/h5-6,12,14,21-22H,2-4,7-11,13,15-19H2,1H3/t22-/m0/s1. The van der Waals surface area contributed by atoms with Crippen LogP contribution in [0.1, 0.15) is 86.5 Å². The molecule has 0 spiro atoms. The fourth-order valence-corrected chi connectivity index (χ4v) is 5.91. The van der Waals surface area contributed by atoms with Gasteiger partial charge in [0.1, 0.15) is 11.6 Å². The summed E-state index contributed by atoms with van der Waals surface area (Å²) < 4.78 is 0. The van der Waals surface area contributed by atoms with Crippen molar-refractivity contribution in [1.82, 2.24) is 19.9 Å². The van der Waals surface area contributed by atoms with Crippen molar-refractivity contribution in [3.05, 3.63) is 47.2 Å². The van der Waals surface area contributed by atoms with E-state index in [1.807, 2.05) is 18.3 Å². The van der Waals surface area contributed by atoms with E-state index >= 15 is 0 Å². The predicted molar refractivity (Wildman–Crippen MR) is 130 cm³/mol. The molecule has 1 atom stereocenters. The maximum atomic E-state index is 13.1. The molecule has 2 aromatic heterocycles. The second kappa shape index (κ2) is 10.2. The number of nitrogens with zero attached hydrogens (tertiary/aromatic N) is 5. The molecule has 0 aromatic carbocycles. The summed E-state index contributed by atoms with van der Waals surface area (Å²) in [6.07, 6.45) is 13.2. The number of likely N-dealkylation sites (tertiary alicyclic amines) is 1. The van der Waals surface area contributed by atoms with Gasteiger partial charge in [0.05, 0.1) is 12.2 Å². The van der Waals surface area contributed by atoms with Gasteiger partial charge in [-0.3, -0.25) is 9.78 Å². The van der Waals surface area contributed by atoms with Crippen LogP contribution in [-0.4, -0.2) is 45.4 Å². The zero-order valence-electron chi connectivity index (χ0n) is 20.0. The second-order valence-electron chi connectivity index (χ2n) is 10.2. The number of aryl methyl sites for hydroxylation is 1. The molecule has 0 N–H and O–H groups in total. The second-order valence-corrected chi connectivity index (χ2v) is 10.2. The van der Waals surface area contributed by atoms with E-state index in [1.165, 1.54) is 37.7 Å². The van der Waals surface area contributed by atoms with Crippen LogP contribution in [0, 0.1) is 12.8 Å². The van der Waals surface area contributed by atoms with Crippen LogP contribution in [0.25, 0.3) is 0 Å². The lowest BCUT2D eigenvalue weighted by Gasteiger charge is -2.35. The third-order valence-electron chi connectivity index (χ3n) is 7.77. The van der Waals surface area contributed by atoms with Crippen LogP contribution >= 0.6 is 0 Å². The number of fused-ring (bicyclic) bond motifs is 1. The van der Waals surface area contributed by atoms with Crippen molar-refractivity contribution in [1.29, 1.82) is 0 Å². The molecule has 1 saturated carbocycles. The molecule has 0 unspecified atom stereocenters. The normalized spacial score (nSPS) is 21.7. The number of anilines is 1. The number of amides is 1. The Morgan fingerprint density at radius 3 is 2.73 bits per heavy atom. The van der Waals surface area contributed by atoms with Crippen molar-refractivity contribution in [2.75, 3.05) is 24.5 Å². The first-order chi connectivity index (χ1) is 16.2. The van der Waals surface area contributed by atoms with Crippen LogP contribution in [0.15, 0.2) is 24.4 Å². The number of carbonyl (C=O) groups excluding carboxylic acids is 1. The average molecular weight is 448 g/mol. The Labute approximate surface area is 197 Å². The van der Waals surface area contributed by atoms with Gasteiger partial charge in [-0.25, -0.2) is 9.97 Å². The first-order valence-corrected chi connectivity index (χ1v) is 13.0. The van der Waals surface area contributed by atoms with Crippen molar-refractivity contribution in [3.8, 4) is 0 Å². The van der Waals surface area contributed by atoms with E-state index in [0.717, 1.165) is 81.3 Å². The number of hydrogen-bond donors (Lipinski definition) is 0. The minimum atomic E-state index is 0.233. The third-order valence-corrected chi connectivity index (χ3v) is 7.77. The third kappa shape index (κ3) is 5.20. The van der Waals surface area contributed by atoms with Gasteiger partial charge in [-0.1, -0.05) is 25.3 Å². The van der Waals surface area contributed by atoms with Crippen LogP contribution in [0.4, 0.5) is 5.82 Å². The van der Waals surface area contributed by atoms with Gasteiger partial charge in [-0.05, 0) is 63.5 Å². The van der Waals surface area contributed by atoms with Crippen LogP contribution in [0.3, 0.4) is 0 Å². The number of pyridine rings is 1. The van der Waals surface area contributed by atoms with Crippen molar-refractivity contribution in [3.63, 3.8) is 0 Å². The monoisotopic (exact) mass is 447 g/mol. The zero-order valence-corrected chi connectivity index (χ0v) is 20.0. The summed E-state index contributed by atoms with van der Waals surface area (Å²) in [5, 5.41) is 0. The lowest BCUT2D eigenvalue weighted by atomic mass is 9.86. The Balaban J connectivity index is 1.32. The van der Waals surface area contributed by atoms with Crippen LogP contribution in [-0.2, 0) is 17.8 Å². The molecular weight excluding hydrogens is 410 g/mol. The number of carbonyl (C=O) groups is 1. The molecule has 2 aliphatic heterocycles. The lowest BCUT2D eigenvalue weighted by molar-refractivity contribution is -0.133. The highest BCUT2D eigenvalue weighted by Gasteiger charge is 2.30. The first kappa shape index (κ1) is 22.3. The Morgan fingerprint density at radius 2 is 1.91 bits per heavy atom. The maximum absolute atomic E-state index is 13.1. The van der Waals surface area contributed by atoms with Gasteiger partial charge in [-0.15, -0.1) is 0 Å². The zero-order chi connectivity index (χ0) is 22.6. The summed E-state index contributed by atoms with van der Waals surface area (Å²) in [4.78, 5) is 32.2. The van der Waals surface area contributed by atoms with Crippen molar-refractivity contribution in [2.45, 2.75) is 83.6 Å². The van der Waals surface area contributed by atoms with E-state index in [1.54, 1.807) is 0 Å². The van der Waals surface area contributed by atoms with Crippen LogP contribution < -0.4 is 4.90 Å². The molecule has 2 fully saturated rings. The van der Waals surface area contributed by atoms with E-state index in [-0.39, 0.29) is 5.92 Å². The van der Waals surface area contributed by atoms with Gasteiger partial charge in [0.2, 0.25) is 5.91 Å². The molecule has 0 radical (unpaired) electrons. The maximum Gasteiger partial charge on any atom is 0.222 e. The average Bonchev–Trinajstić information content (AvgIpc) is 2.86. The largest absolute Gasteiger partial charge is 0.350 e. The molecule has 1 saturated heterocycles. The summed E-state index contributed by atoms with van der Waals surface area (Å²) in [6, 6.07) is 6.09. The van der Waals surface area contributed by atoms with Crippen LogP contribution in [0.2, 0.25) is 0 Å². The van der Waals surface area contributed by atoms with E-state index < -0.39 is 0 Å². The summed E-state index contributed by atoms with van der Waals surface area (Å²) in [6.45, 7) is 5.56. The Morgan fingerprint density at radius 1 is 1.03 bits per heavy atom. The molecule has 6 nitrogen and oxygen atoms in total. The fourth-order valence-electron chi connectivity index (χ4n) is 5.91. The summed E-state index contributed by atoms with van der Waals surface area (Å²) >= 11 is 0. The highest BCUT2D eigenvalue weighted by Crippen LogP contribution is 2.33. The van der Waals surface area contributed by atoms with Crippen LogP contribution in [0.5, 0.6) is 0 Å². The van der Waals surface area contributed by atoms with Crippen molar-refractivity contribution < 1.29 is 4.79 Å². The number of aromatic nitrogens is 3. The molecule has 2 aromatic rings. The van der Waals surface area contributed by atoms with Gasteiger partial charge in [0.15, 0.2) is 0 Å². The van der Waals surface area contributed by atoms with Gasteiger partial charge >= 0.3 is 0 Å². The number of piperidine rings is 1. The molecule has 3 aliphatic rings. The smallest absolute Gasteiger partial charge is 0.222 e. The lowest BCUT2D eigenvalue weighted by Crippen LogP contribution is -2.40. The minimum Gasteiger partial charge on any atom is -0.350 e. The molecule has 6 heteroatoms. The SMILES string of the molecule is Cc1nc([C@H]2CCCN(C(=O)CC3CCCCC3)C2)nc2c1CCCN2Cc1ccccn1. The molecule has 33 heavy (non-hydrogen) atoms. The molecule has 5 rings (SSSR count). The quantitative estimate of drug-likeness (QED) is 0.658. The summed E-state index contributed by atoms with van der Waals surface area (Å²) in [7, 11) is 0. The van der Waals surface area contributed by atoms with E-state index in [0.29, 0.717) is 11.8 Å². The van der Waals surface area contributed by atoms with E-state index in [9.17, 15) is 4.79 Å². The number of rotatable bonds is 5. The highest BCUT2D eigenvalue weighted by atomic mass is 16.2. The van der Waals surface area contributed by atoms with Gasteiger partial charge < -0.3 is 9.80 Å². The topological polar surface area (TPSA) is 62.2 Å². The van der Waals surface area contributed by atoms with Gasteiger partial charge in [0.25, 0.3) is 0 Å². The summed E-state index contributed by atoms with van der Waals surface area (Å²) in [5.74, 6) is 3.18. The highest BCUT2D eigenvalue weighted by molar-refractivity contribution is 5.76. The minimum absolute atomic E-state index is 0.233. The fraction of sp³-hybridized carbons (Fsp3) is 0.630. The van der Waals surface area contributed by atoms with Gasteiger partial charge in [-0.2, -0.15) is 0 Å².